The summed E-state index contributed by atoms with van der Waals surface area (Å²) in [6.45, 7) is 11.4. The molecule has 0 atom stereocenters. The molecule has 0 radical (unpaired) electrons. The zero-order chi connectivity index (χ0) is 25.7. The smallest absolute Gasteiger partial charge is 0.351 e. The van der Waals surface area contributed by atoms with Gasteiger partial charge in [-0.15, -0.1) is 0 Å². The maximum atomic E-state index is 13.3. The second-order valence-corrected chi connectivity index (χ2v) is 9.83. The first-order valence-electron chi connectivity index (χ1n) is 11.4. The highest BCUT2D eigenvalue weighted by molar-refractivity contribution is 6.00. The molecule has 2 aromatic rings. The van der Waals surface area contributed by atoms with Crippen LogP contribution in [-0.4, -0.2) is 26.9 Å². The molecule has 0 saturated carbocycles. The zero-order valence-corrected chi connectivity index (χ0v) is 20.8. The average Bonchev–Trinajstić information content (AvgIpc) is 2.89. The third-order valence-electron chi connectivity index (χ3n) is 5.86. The second-order valence-electron chi connectivity index (χ2n) is 9.83. The van der Waals surface area contributed by atoms with Crippen molar-refractivity contribution in [2.45, 2.75) is 60.0 Å². The summed E-state index contributed by atoms with van der Waals surface area (Å²) in [7, 11) is 0. The maximum absolute atomic E-state index is 13.3. The average molecular weight is 479 g/mol. The summed E-state index contributed by atoms with van der Waals surface area (Å²) in [5.74, 6) is -1.26. The number of hydrogen-bond donors (Lipinski definition) is 3. The molecule has 0 unspecified atom stereocenters. The van der Waals surface area contributed by atoms with E-state index >= 15 is 0 Å². The molecular weight excluding hydrogens is 448 g/mol. The Labute approximate surface area is 204 Å². The molecule has 0 amide bonds. The fourth-order valence-electron chi connectivity index (χ4n) is 4.01. The molecule has 3 N–H and O–H groups in total. The Hall–Kier alpha value is -3.87. The van der Waals surface area contributed by atoms with Gasteiger partial charge in [-0.05, 0) is 66.5 Å². The molecule has 2 aromatic carbocycles. The molecular formula is C28H30O7. The fourth-order valence-corrected chi connectivity index (χ4v) is 4.01. The molecule has 0 bridgehead atoms. The maximum Gasteiger partial charge on any atom is 0.351 e. The molecule has 7 heteroatoms. The number of carbonyl (C=O) groups excluding carboxylic acids is 1. The molecule has 0 spiro atoms. The summed E-state index contributed by atoms with van der Waals surface area (Å²) in [5, 5.41) is 32.5. The van der Waals surface area contributed by atoms with Gasteiger partial charge in [0.2, 0.25) is 0 Å². The quantitative estimate of drug-likeness (QED) is 0.268. The van der Waals surface area contributed by atoms with Crippen LogP contribution in [0.15, 0.2) is 35.4 Å². The Bertz CT molecular complexity index is 1320. The van der Waals surface area contributed by atoms with E-state index in [1.54, 1.807) is 12.2 Å². The minimum atomic E-state index is -0.839. The predicted octanol–water partition coefficient (Wildman–Crippen LogP) is 6.33. The van der Waals surface area contributed by atoms with E-state index in [1.807, 2.05) is 53.7 Å². The van der Waals surface area contributed by atoms with Crippen LogP contribution in [0.3, 0.4) is 0 Å². The van der Waals surface area contributed by atoms with Gasteiger partial charge in [-0.1, -0.05) is 23.3 Å². The summed E-state index contributed by atoms with van der Waals surface area (Å²) in [5.41, 5.74) is 2.18. The van der Waals surface area contributed by atoms with Crippen molar-refractivity contribution in [1.29, 1.82) is 0 Å². The van der Waals surface area contributed by atoms with Gasteiger partial charge in [0.1, 0.15) is 22.7 Å². The van der Waals surface area contributed by atoms with Crippen molar-refractivity contribution >= 4 is 12.0 Å². The van der Waals surface area contributed by atoms with E-state index in [2.05, 4.69) is 0 Å². The van der Waals surface area contributed by atoms with Gasteiger partial charge in [-0.25, -0.2) is 4.79 Å². The highest BCUT2D eigenvalue weighted by Gasteiger charge is 2.37. The summed E-state index contributed by atoms with van der Waals surface area (Å²) in [4.78, 5) is 13.3. The number of aromatic hydroxyl groups is 3. The number of carbonyl (C=O) groups is 1. The number of allylic oxidation sites excluding steroid dienone is 4. The van der Waals surface area contributed by atoms with Crippen molar-refractivity contribution in [3.05, 3.63) is 57.7 Å². The van der Waals surface area contributed by atoms with E-state index in [9.17, 15) is 20.1 Å². The van der Waals surface area contributed by atoms with Gasteiger partial charge in [0, 0.05) is 17.2 Å². The van der Waals surface area contributed by atoms with Crippen LogP contribution >= 0.6 is 0 Å². The molecule has 0 aliphatic carbocycles. The van der Waals surface area contributed by atoms with Gasteiger partial charge in [0.25, 0.3) is 0 Å². The van der Waals surface area contributed by atoms with Crippen LogP contribution in [0.5, 0.6) is 40.2 Å². The molecule has 2 aliphatic heterocycles. The van der Waals surface area contributed by atoms with E-state index in [4.69, 9.17) is 14.2 Å². The second kappa shape index (κ2) is 8.73. The van der Waals surface area contributed by atoms with Crippen LogP contribution in [-0.2, 0) is 12.8 Å². The van der Waals surface area contributed by atoms with Crippen LogP contribution < -0.4 is 14.2 Å². The molecule has 35 heavy (non-hydrogen) atoms. The Morgan fingerprint density at radius 1 is 0.857 bits per heavy atom. The lowest BCUT2D eigenvalue weighted by Gasteiger charge is -2.30. The van der Waals surface area contributed by atoms with Crippen molar-refractivity contribution in [1.82, 2.24) is 0 Å². The number of phenolic OH excluding ortho intramolecular Hbond substituents is 3. The summed E-state index contributed by atoms with van der Waals surface area (Å²) in [6, 6.07) is 1.11. The Balaban J connectivity index is 2.03. The third kappa shape index (κ3) is 4.46. The fraction of sp³-hybridized carbons (Fsp3) is 0.321. The SMILES string of the molecule is CC(C)=CCc1c(O)c2c(c3c1Oc1c(CC=C(C)C)c(O)cc(O)c1C(=O)O3)C=CC(C)(C)O2. The van der Waals surface area contributed by atoms with Gasteiger partial charge in [-0.2, -0.15) is 0 Å². The van der Waals surface area contributed by atoms with Crippen LogP contribution in [0.4, 0.5) is 0 Å². The first kappa shape index (κ1) is 24.3. The number of benzene rings is 2. The molecule has 2 aliphatic rings. The summed E-state index contributed by atoms with van der Waals surface area (Å²) >= 11 is 0. The van der Waals surface area contributed by atoms with Crippen LogP contribution in [0.2, 0.25) is 0 Å². The van der Waals surface area contributed by atoms with Gasteiger partial charge in [0.05, 0.1) is 5.56 Å². The van der Waals surface area contributed by atoms with E-state index in [0.29, 0.717) is 16.7 Å². The topological polar surface area (TPSA) is 105 Å². The van der Waals surface area contributed by atoms with E-state index in [-0.39, 0.29) is 52.9 Å². The molecule has 7 nitrogen and oxygen atoms in total. The normalized spacial score (nSPS) is 14.9. The Morgan fingerprint density at radius 3 is 2.11 bits per heavy atom. The minimum Gasteiger partial charge on any atom is -0.507 e. The number of esters is 1. The Kier molecular flexibility index (Phi) is 6.05. The zero-order valence-electron chi connectivity index (χ0n) is 20.8. The predicted molar refractivity (Wildman–Crippen MR) is 133 cm³/mol. The van der Waals surface area contributed by atoms with Crippen molar-refractivity contribution < 1.29 is 34.3 Å². The van der Waals surface area contributed by atoms with Gasteiger partial charge in [0.15, 0.2) is 28.7 Å². The first-order valence-corrected chi connectivity index (χ1v) is 11.4. The summed E-state index contributed by atoms with van der Waals surface area (Å²) < 4.78 is 18.1. The van der Waals surface area contributed by atoms with Crippen LogP contribution in [0.1, 0.15) is 68.6 Å². The van der Waals surface area contributed by atoms with E-state index < -0.39 is 17.3 Å². The van der Waals surface area contributed by atoms with Crippen molar-refractivity contribution in [3.8, 4) is 40.2 Å². The van der Waals surface area contributed by atoms with Crippen molar-refractivity contribution in [2.24, 2.45) is 0 Å². The van der Waals surface area contributed by atoms with Crippen LogP contribution in [0.25, 0.3) is 6.08 Å². The molecule has 2 heterocycles. The van der Waals surface area contributed by atoms with Crippen molar-refractivity contribution in [3.63, 3.8) is 0 Å². The standard InChI is InChI=1S/C28H30O7/c1-14(2)7-9-16-19(29)13-20(30)21-23(16)33-25-17(10-8-15(3)4)22(31)24-18(26(25)34-27(21)32)11-12-28(5,6)35-24/h7-8,11-13,29-31H,9-10H2,1-6H3. The van der Waals surface area contributed by atoms with Crippen molar-refractivity contribution in [2.75, 3.05) is 0 Å². The monoisotopic (exact) mass is 478 g/mol. The molecule has 0 saturated heterocycles. The number of hydrogen-bond acceptors (Lipinski definition) is 7. The van der Waals surface area contributed by atoms with Gasteiger partial charge < -0.3 is 29.5 Å². The molecule has 0 fully saturated rings. The van der Waals surface area contributed by atoms with E-state index in [0.717, 1.165) is 17.2 Å². The lowest BCUT2D eigenvalue weighted by molar-refractivity contribution is 0.0732. The number of ether oxygens (including phenoxy) is 3. The van der Waals surface area contributed by atoms with E-state index in [1.165, 1.54) is 0 Å². The largest absolute Gasteiger partial charge is 0.507 e. The number of rotatable bonds is 4. The highest BCUT2D eigenvalue weighted by Crippen LogP contribution is 2.56. The number of phenols is 3. The third-order valence-corrected chi connectivity index (χ3v) is 5.86. The summed E-state index contributed by atoms with van der Waals surface area (Å²) in [6.07, 6.45) is 7.83. The lowest BCUT2D eigenvalue weighted by Crippen LogP contribution is -2.28. The lowest BCUT2D eigenvalue weighted by atomic mass is 9.96. The highest BCUT2D eigenvalue weighted by atomic mass is 16.6. The first-order chi connectivity index (χ1) is 16.4. The minimum absolute atomic E-state index is 0.0115. The molecule has 4 rings (SSSR count). The number of fused-ring (bicyclic) bond motifs is 4. The van der Waals surface area contributed by atoms with Gasteiger partial charge in [-0.3, -0.25) is 0 Å². The van der Waals surface area contributed by atoms with Crippen LogP contribution in [0, 0.1) is 0 Å². The Morgan fingerprint density at radius 2 is 1.49 bits per heavy atom. The molecule has 184 valence electrons. The van der Waals surface area contributed by atoms with Gasteiger partial charge >= 0.3 is 5.97 Å². The molecule has 0 aromatic heterocycles.